The Morgan fingerprint density at radius 1 is 1.50 bits per heavy atom. The van der Waals surface area contributed by atoms with Crippen molar-refractivity contribution in [3.63, 3.8) is 0 Å². The molecule has 1 atom stereocenters. The normalized spacial score (nSPS) is 18.8. The van der Waals surface area contributed by atoms with Crippen LogP contribution < -0.4 is 4.90 Å². The number of aromatic nitrogens is 1. The molecule has 0 aliphatic carbocycles. The van der Waals surface area contributed by atoms with Gasteiger partial charge in [0, 0.05) is 42.1 Å². The van der Waals surface area contributed by atoms with Crippen LogP contribution in [0, 0.1) is 12.8 Å². The van der Waals surface area contributed by atoms with Gasteiger partial charge in [-0.1, -0.05) is 12.1 Å². The zero-order valence-electron chi connectivity index (χ0n) is 11.2. The molecule has 0 bridgehead atoms. The highest BCUT2D eigenvalue weighted by Crippen LogP contribution is 2.29. The molecule has 3 rings (SSSR count). The smallest absolute Gasteiger partial charge is 0.227 e. The lowest BCUT2D eigenvalue weighted by molar-refractivity contribution is -0.117. The Morgan fingerprint density at radius 2 is 2.35 bits per heavy atom. The number of aryl methyl sites for hydroxylation is 1. The van der Waals surface area contributed by atoms with Crippen LogP contribution in [0.2, 0.25) is 0 Å². The molecule has 1 aliphatic heterocycles. The number of hydrogen-bond acceptors (Lipinski definition) is 4. The lowest BCUT2D eigenvalue weighted by Gasteiger charge is -2.17. The monoisotopic (exact) mass is 288 g/mol. The van der Waals surface area contributed by atoms with Crippen LogP contribution in [0.1, 0.15) is 11.4 Å². The third-order valence-electron chi connectivity index (χ3n) is 3.54. The van der Waals surface area contributed by atoms with Crippen LogP contribution in [0.15, 0.2) is 29.6 Å². The second-order valence-corrected chi connectivity index (χ2v) is 6.12. The van der Waals surface area contributed by atoms with Gasteiger partial charge < -0.3 is 10.0 Å². The summed E-state index contributed by atoms with van der Waals surface area (Å²) in [7, 11) is 0. The second-order valence-electron chi connectivity index (χ2n) is 5.06. The molecule has 20 heavy (non-hydrogen) atoms. The van der Waals surface area contributed by atoms with Crippen molar-refractivity contribution >= 4 is 22.9 Å². The highest BCUT2D eigenvalue weighted by molar-refractivity contribution is 7.09. The predicted molar refractivity (Wildman–Crippen MR) is 79.8 cm³/mol. The highest BCUT2D eigenvalue weighted by atomic mass is 32.1. The molecule has 0 saturated carbocycles. The fourth-order valence-corrected chi connectivity index (χ4v) is 3.10. The molecule has 5 heteroatoms. The number of benzene rings is 1. The van der Waals surface area contributed by atoms with E-state index in [4.69, 9.17) is 0 Å². The summed E-state index contributed by atoms with van der Waals surface area (Å²) in [6.07, 6.45) is 0.427. The number of rotatable bonds is 3. The number of hydrogen-bond donors (Lipinski definition) is 1. The molecule has 1 aromatic heterocycles. The van der Waals surface area contributed by atoms with Crippen molar-refractivity contribution in [2.75, 3.05) is 18.1 Å². The standard InChI is InChI=1S/C15H16N2O2S/c1-10-16-14(9-20-10)12-3-2-4-13(6-12)17-7-11(8-18)5-15(17)19/h2-4,6,9,11,18H,5,7-8H2,1H3. The summed E-state index contributed by atoms with van der Waals surface area (Å²) >= 11 is 1.62. The molecule has 1 aromatic carbocycles. The van der Waals surface area contributed by atoms with Crippen molar-refractivity contribution in [2.24, 2.45) is 5.92 Å². The van der Waals surface area contributed by atoms with E-state index >= 15 is 0 Å². The van der Waals surface area contributed by atoms with Crippen LogP contribution in [-0.4, -0.2) is 29.1 Å². The summed E-state index contributed by atoms with van der Waals surface area (Å²) in [4.78, 5) is 18.2. The van der Waals surface area contributed by atoms with E-state index in [1.54, 1.807) is 16.2 Å². The summed E-state index contributed by atoms with van der Waals surface area (Å²) < 4.78 is 0. The topological polar surface area (TPSA) is 53.4 Å². The quantitative estimate of drug-likeness (QED) is 0.944. The third kappa shape index (κ3) is 2.46. The van der Waals surface area contributed by atoms with Gasteiger partial charge in [-0.15, -0.1) is 11.3 Å². The Labute approximate surface area is 121 Å². The number of amides is 1. The van der Waals surface area contributed by atoms with Crippen molar-refractivity contribution in [1.29, 1.82) is 0 Å². The summed E-state index contributed by atoms with van der Waals surface area (Å²) in [5.41, 5.74) is 2.85. The number of aliphatic hydroxyl groups is 1. The maximum Gasteiger partial charge on any atom is 0.227 e. The number of anilines is 1. The van der Waals surface area contributed by atoms with Crippen LogP contribution in [-0.2, 0) is 4.79 Å². The van der Waals surface area contributed by atoms with Gasteiger partial charge in [-0.25, -0.2) is 4.98 Å². The molecular formula is C15H16N2O2S. The van der Waals surface area contributed by atoms with Gasteiger partial charge in [0.05, 0.1) is 10.7 Å². The molecule has 2 heterocycles. The minimum absolute atomic E-state index is 0.0488. The largest absolute Gasteiger partial charge is 0.396 e. The Hall–Kier alpha value is -1.72. The van der Waals surface area contributed by atoms with E-state index in [-0.39, 0.29) is 18.4 Å². The molecule has 1 fully saturated rings. The number of aliphatic hydroxyl groups excluding tert-OH is 1. The summed E-state index contributed by atoms with van der Waals surface area (Å²) in [5.74, 6) is 0.128. The molecule has 2 aromatic rings. The Kier molecular flexibility index (Phi) is 3.54. The number of nitrogens with zero attached hydrogens (tertiary/aromatic N) is 2. The fraction of sp³-hybridized carbons (Fsp3) is 0.333. The van der Waals surface area contributed by atoms with Crippen molar-refractivity contribution in [1.82, 2.24) is 4.98 Å². The SMILES string of the molecule is Cc1nc(-c2cccc(N3CC(CO)CC3=O)c2)cs1. The predicted octanol–water partition coefficient (Wildman–Crippen LogP) is 2.46. The Bertz CT molecular complexity index is 638. The zero-order chi connectivity index (χ0) is 14.1. The number of thiazole rings is 1. The van der Waals surface area contributed by atoms with Crippen molar-refractivity contribution in [2.45, 2.75) is 13.3 Å². The summed E-state index contributed by atoms with van der Waals surface area (Å²) in [6, 6.07) is 7.87. The van der Waals surface area contributed by atoms with Gasteiger partial charge in [0.15, 0.2) is 0 Å². The average molecular weight is 288 g/mol. The second kappa shape index (κ2) is 5.34. The van der Waals surface area contributed by atoms with Crippen molar-refractivity contribution < 1.29 is 9.90 Å². The third-order valence-corrected chi connectivity index (χ3v) is 4.31. The molecule has 1 unspecified atom stereocenters. The minimum Gasteiger partial charge on any atom is -0.396 e. The first-order valence-corrected chi connectivity index (χ1v) is 7.49. The molecule has 4 nitrogen and oxygen atoms in total. The van der Waals surface area contributed by atoms with Crippen LogP contribution in [0.3, 0.4) is 0 Å². The first-order valence-electron chi connectivity index (χ1n) is 6.61. The van der Waals surface area contributed by atoms with Gasteiger partial charge in [-0.05, 0) is 19.1 Å². The van der Waals surface area contributed by atoms with E-state index in [0.717, 1.165) is 22.0 Å². The van der Waals surface area contributed by atoms with Gasteiger partial charge in [-0.3, -0.25) is 4.79 Å². The summed E-state index contributed by atoms with van der Waals surface area (Å²) in [5, 5.41) is 12.3. The molecule has 104 valence electrons. The molecule has 1 amide bonds. The fourth-order valence-electron chi connectivity index (χ4n) is 2.48. The van der Waals surface area contributed by atoms with E-state index in [2.05, 4.69) is 4.98 Å². The van der Waals surface area contributed by atoms with Crippen LogP contribution in [0.5, 0.6) is 0 Å². The van der Waals surface area contributed by atoms with Crippen molar-refractivity contribution in [3.8, 4) is 11.3 Å². The minimum atomic E-state index is 0.0488. The first kappa shape index (κ1) is 13.3. The molecule has 0 radical (unpaired) electrons. The Morgan fingerprint density at radius 3 is 3.00 bits per heavy atom. The van der Waals surface area contributed by atoms with Crippen LogP contribution in [0.25, 0.3) is 11.3 Å². The van der Waals surface area contributed by atoms with E-state index < -0.39 is 0 Å². The number of carbonyl (C=O) groups excluding carboxylic acids is 1. The Balaban J connectivity index is 1.90. The highest BCUT2D eigenvalue weighted by Gasteiger charge is 2.30. The van der Waals surface area contributed by atoms with Gasteiger partial charge in [0.1, 0.15) is 0 Å². The van der Waals surface area contributed by atoms with Gasteiger partial charge >= 0.3 is 0 Å². The average Bonchev–Trinajstić information content (AvgIpc) is 3.05. The molecule has 1 N–H and O–H groups in total. The molecule has 1 saturated heterocycles. The van der Waals surface area contributed by atoms with E-state index in [9.17, 15) is 9.90 Å². The van der Waals surface area contributed by atoms with E-state index in [1.165, 1.54) is 0 Å². The maximum absolute atomic E-state index is 12.0. The van der Waals surface area contributed by atoms with Gasteiger partial charge in [0.25, 0.3) is 0 Å². The van der Waals surface area contributed by atoms with Gasteiger partial charge in [0.2, 0.25) is 5.91 Å². The van der Waals surface area contributed by atoms with Crippen molar-refractivity contribution in [3.05, 3.63) is 34.7 Å². The van der Waals surface area contributed by atoms with Crippen LogP contribution in [0.4, 0.5) is 5.69 Å². The lowest BCUT2D eigenvalue weighted by atomic mass is 10.1. The maximum atomic E-state index is 12.0. The van der Waals surface area contributed by atoms with E-state index in [1.807, 2.05) is 36.6 Å². The van der Waals surface area contributed by atoms with Crippen LogP contribution >= 0.6 is 11.3 Å². The zero-order valence-corrected chi connectivity index (χ0v) is 12.1. The first-order chi connectivity index (χ1) is 9.67. The van der Waals surface area contributed by atoms with E-state index in [0.29, 0.717) is 13.0 Å². The molecule has 1 aliphatic rings. The number of carbonyl (C=O) groups is 1. The lowest BCUT2D eigenvalue weighted by Crippen LogP contribution is -2.24. The van der Waals surface area contributed by atoms with Gasteiger partial charge in [-0.2, -0.15) is 0 Å². The molecule has 0 spiro atoms. The summed E-state index contributed by atoms with van der Waals surface area (Å²) in [6.45, 7) is 2.63. The molecular weight excluding hydrogens is 272 g/mol.